The average Bonchev–Trinajstić information content (AvgIpc) is 2.47. The molecule has 3 N–H and O–H groups in total. The highest BCUT2D eigenvalue weighted by Crippen LogP contribution is 2.29. The van der Waals surface area contributed by atoms with Crippen LogP contribution < -0.4 is 20.9 Å². The predicted molar refractivity (Wildman–Crippen MR) is 75.1 cm³/mol. The molecule has 0 unspecified atom stereocenters. The topological polar surface area (TPSA) is 132 Å². The number of aromatic nitrogens is 3. The summed E-state index contributed by atoms with van der Waals surface area (Å²) in [4.78, 5) is 24.0. The number of nitrogens with two attached hydrogens (primary N) is 1. The van der Waals surface area contributed by atoms with Gasteiger partial charge in [0.15, 0.2) is 0 Å². The molecule has 1 aromatic heterocycles. The molecule has 2 rings (SSSR count). The maximum Gasteiger partial charge on any atom is 0.328 e. The molecular weight excluding hydrogens is 278 g/mol. The molecule has 0 fully saturated rings. The second kappa shape index (κ2) is 5.96. The van der Waals surface area contributed by atoms with Crippen LogP contribution in [0.5, 0.6) is 11.8 Å². The first kappa shape index (κ1) is 14.4. The van der Waals surface area contributed by atoms with Crippen molar-refractivity contribution in [1.29, 1.82) is 0 Å². The molecule has 0 bridgehead atoms. The molecule has 10 nitrogen and oxygen atoms in total. The predicted octanol–water partition coefficient (Wildman–Crippen LogP) is 0.924. The fourth-order valence-corrected chi connectivity index (χ4v) is 1.45. The standard InChI is InChI=1S/C11H13N7O3/c1-17(2)10-13-9(16-12)14-11(15-10)21-8-6-4-3-5-7(8)18(19)20/h3-6H,12H2,1-2H3,(H,13,14,15,16). The van der Waals surface area contributed by atoms with Crippen LogP contribution in [0.2, 0.25) is 0 Å². The Balaban J connectivity index is 2.40. The van der Waals surface area contributed by atoms with Gasteiger partial charge in [-0.1, -0.05) is 12.1 Å². The van der Waals surface area contributed by atoms with Crippen LogP contribution >= 0.6 is 0 Å². The number of rotatable bonds is 5. The lowest BCUT2D eigenvalue weighted by molar-refractivity contribution is -0.385. The Kier molecular flexibility index (Phi) is 4.09. The zero-order valence-electron chi connectivity index (χ0n) is 11.3. The summed E-state index contributed by atoms with van der Waals surface area (Å²) in [5.41, 5.74) is 2.09. The molecule has 0 amide bonds. The van der Waals surface area contributed by atoms with Crippen molar-refractivity contribution >= 4 is 17.6 Å². The lowest BCUT2D eigenvalue weighted by Crippen LogP contribution is -2.17. The quantitative estimate of drug-likeness (QED) is 0.468. The lowest BCUT2D eigenvalue weighted by Gasteiger charge is -2.12. The highest BCUT2D eigenvalue weighted by molar-refractivity contribution is 5.47. The number of nitro benzene ring substituents is 1. The molecule has 0 aliphatic carbocycles. The van der Waals surface area contributed by atoms with Crippen LogP contribution in [0.1, 0.15) is 0 Å². The zero-order chi connectivity index (χ0) is 15.4. The fourth-order valence-electron chi connectivity index (χ4n) is 1.45. The van der Waals surface area contributed by atoms with Crippen LogP contribution in [0.15, 0.2) is 24.3 Å². The molecule has 21 heavy (non-hydrogen) atoms. The van der Waals surface area contributed by atoms with E-state index in [0.29, 0.717) is 5.95 Å². The van der Waals surface area contributed by atoms with Gasteiger partial charge in [-0.2, -0.15) is 15.0 Å². The van der Waals surface area contributed by atoms with Gasteiger partial charge in [0, 0.05) is 20.2 Å². The largest absolute Gasteiger partial charge is 0.417 e. The van der Waals surface area contributed by atoms with E-state index in [0.717, 1.165) is 0 Å². The first-order valence-corrected chi connectivity index (χ1v) is 5.82. The number of anilines is 2. The summed E-state index contributed by atoms with van der Waals surface area (Å²) < 4.78 is 5.38. The third-order valence-electron chi connectivity index (χ3n) is 2.40. The van der Waals surface area contributed by atoms with E-state index in [4.69, 9.17) is 10.6 Å². The normalized spacial score (nSPS) is 10.0. The number of hydrazine groups is 1. The summed E-state index contributed by atoms with van der Waals surface area (Å²) in [6.07, 6.45) is 0. The first-order valence-electron chi connectivity index (χ1n) is 5.82. The summed E-state index contributed by atoms with van der Waals surface area (Å²) in [6.45, 7) is 0. The van der Waals surface area contributed by atoms with E-state index in [1.165, 1.54) is 18.2 Å². The fraction of sp³-hybridized carbons (Fsp3) is 0.182. The van der Waals surface area contributed by atoms with E-state index in [1.807, 2.05) is 0 Å². The van der Waals surface area contributed by atoms with Gasteiger partial charge >= 0.3 is 11.7 Å². The van der Waals surface area contributed by atoms with Crippen LogP contribution in [0, 0.1) is 10.1 Å². The molecule has 1 aromatic carbocycles. The zero-order valence-corrected chi connectivity index (χ0v) is 11.3. The number of nitro groups is 1. The summed E-state index contributed by atoms with van der Waals surface area (Å²) >= 11 is 0. The first-order chi connectivity index (χ1) is 10.0. The summed E-state index contributed by atoms with van der Waals surface area (Å²) in [6, 6.07) is 5.82. The maximum atomic E-state index is 10.9. The molecule has 0 saturated carbocycles. The Morgan fingerprint density at radius 2 is 2.00 bits per heavy atom. The molecular formula is C11H13N7O3. The summed E-state index contributed by atoms with van der Waals surface area (Å²) in [5.74, 6) is 5.69. The van der Waals surface area contributed by atoms with Gasteiger partial charge in [0.25, 0.3) is 0 Å². The second-order valence-corrected chi connectivity index (χ2v) is 4.11. The van der Waals surface area contributed by atoms with E-state index in [-0.39, 0.29) is 23.4 Å². The van der Waals surface area contributed by atoms with Crippen molar-refractivity contribution in [3.8, 4) is 11.8 Å². The SMILES string of the molecule is CN(C)c1nc(NN)nc(Oc2ccccc2[N+](=O)[O-])n1. The number of nitrogens with zero attached hydrogens (tertiary/aromatic N) is 5. The average molecular weight is 291 g/mol. The summed E-state index contributed by atoms with van der Waals surface area (Å²) in [7, 11) is 3.45. The number of nitrogen functional groups attached to an aromatic ring is 1. The maximum absolute atomic E-state index is 10.9. The van der Waals surface area contributed by atoms with Crippen molar-refractivity contribution < 1.29 is 9.66 Å². The van der Waals surface area contributed by atoms with Crippen molar-refractivity contribution in [1.82, 2.24) is 15.0 Å². The number of nitrogens with one attached hydrogen (secondary N) is 1. The van der Waals surface area contributed by atoms with Gasteiger partial charge in [-0.15, -0.1) is 0 Å². The third-order valence-corrected chi connectivity index (χ3v) is 2.40. The van der Waals surface area contributed by atoms with Gasteiger partial charge < -0.3 is 9.64 Å². The van der Waals surface area contributed by atoms with Crippen LogP contribution in [-0.2, 0) is 0 Å². The van der Waals surface area contributed by atoms with Crippen molar-refractivity contribution in [2.24, 2.45) is 5.84 Å². The Bertz CT molecular complexity index is 662. The molecule has 0 aliphatic rings. The van der Waals surface area contributed by atoms with E-state index >= 15 is 0 Å². The van der Waals surface area contributed by atoms with Crippen LogP contribution in [-0.4, -0.2) is 34.0 Å². The molecule has 0 atom stereocenters. The minimum atomic E-state index is -0.550. The third kappa shape index (κ3) is 3.30. The number of hydrogen-bond donors (Lipinski definition) is 2. The number of para-hydroxylation sites is 2. The molecule has 0 aliphatic heterocycles. The number of ether oxygens (including phenoxy) is 1. The van der Waals surface area contributed by atoms with Gasteiger partial charge in [0.2, 0.25) is 17.6 Å². The van der Waals surface area contributed by atoms with Crippen LogP contribution in [0.4, 0.5) is 17.6 Å². The molecule has 110 valence electrons. The Morgan fingerprint density at radius 3 is 2.62 bits per heavy atom. The number of benzene rings is 1. The lowest BCUT2D eigenvalue weighted by atomic mass is 10.3. The van der Waals surface area contributed by atoms with E-state index in [1.54, 1.807) is 25.1 Å². The van der Waals surface area contributed by atoms with Crippen molar-refractivity contribution in [3.63, 3.8) is 0 Å². The van der Waals surface area contributed by atoms with E-state index in [9.17, 15) is 10.1 Å². The Labute approximate surface area is 119 Å². The van der Waals surface area contributed by atoms with Crippen molar-refractivity contribution in [3.05, 3.63) is 34.4 Å². The van der Waals surface area contributed by atoms with E-state index < -0.39 is 4.92 Å². The highest BCUT2D eigenvalue weighted by Gasteiger charge is 2.17. The molecule has 2 aromatic rings. The van der Waals surface area contributed by atoms with Crippen molar-refractivity contribution in [2.75, 3.05) is 24.4 Å². The Morgan fingerprint density at radius 1 is 1.29 bits per heavy atom. The van der Waals surface area contributed by atoms with Gasteiger partial charge in [0.1, 0.15) is 0 Å². The van der Waals surface area contributed by atoms with Gasteiger partial charge in [-0.3, -0.25) is 15.5 Å². The molecule has 10 heteroatoms. The highest BCUT2D eigenvalue weighted by atomic mass is 16.6. The van der Waals surface area contributed by atoms with Crippen LogP contribution in [0.3, 0.4) is 0 Å². The molecule has 0 spiro atoms. The van der Waals surface area contributed by atoms with E-state index in [2.05, 4.69) is 20.4 Å². The van der Waals surface area contributed by atoms with Gasteiger partial charge in [0.05, 0.1) is 4.92 Å². The van der Waals surface area contributed by atoms with Crippen molar-refractivity contribution in [2.45, 2.75) is 0 Å². The summed E-state index contributed by atoms with van der Waals surface area (Å²) in [5, 5.41) is 10.9. The molecule has 0 radical (unpaired) electrons. The minimum absolute atomic E-state index is 0.0291. The van der Waals surface area contributed by atoms with Gasteiger partial charge in [-0.05, 0) is 6.07 Å². The molecule has 1 heterocycles. The minimum Gasteiger partial charge on any atom is -0.417 e. The monoisotopic (exact) mass is 291 g/mol. The second-order valence-electron chi connectivity index (χ2n) is 4.11. The molecule has 0 saturated heterocycles. The van der Waals surface area contributed by atoms with Crippen LogP contribution in [0.25, 0.3) is 0 Å². The Hall–Kier alpha value is -3.01. The van der Waals surface area contributed by atoms with Gasteiger partial charge in [-0.25, -0.2) is 5.84 Å². The number of hydrogen-bond acceptors (Lipinski definition) is 9. The smallest absolute Gasteiger partial charge is 0.328 e.